The van der Waals surface area contributed by atoms with Crippen molar-refractivity contribution in [1.82, 2.24) is 4.72 Å². The molecular formula is C29H19F3N2O4S. The van der Waals surface area contributed by atoms with Gasteiger partial charge in [0, 0.05) is 22.3 Å². The van der Waals surface area contributed by atoms with Gasteiger partial charge >= 0.3 is 6.18 Å². The average Bonchev–Trinajstić information content (AvgIpc) is 2.92. The number of carbonyl (C=O) groups is 2. The van der Waals surface area contributed by atoms with E-state index in [0.29, 0.717) is 17.7 Å². The van der Waals surface area contributed by atoms with Crippen LogP contribution in [0, 0.1) is 11.8 Å². The minimum atomic E-state index is -4.60. The first-order valence-electron chi connectivity index (χ1n) is 11.3. The summed E-state index contributed by atoms with van der Waals surface area (Å²) in [4.78, 5) is 24.9. The van der Waals surface area contributed by atoms with Gasteiger partial charge in [0.25, 0.3) is 21.8 Å². The van der Waals surface area contributed by atoms with E-state index in [9.17, 15) is 31.2 Å². The number of carbonyl (C=O) groups excluding carboxylic acids is 2. The van der Waals surface area contributed by atoms with Gasteiger partial charge in [-0.1, -0.05) is 42.2 Å². The number of nitrogens with one attached hydrogen (secondary N) is 2. The highest BCUT2D eigenvalue weighted by Crippen LogP contribution is 2.29. The highest BCUT2D eigenvalue weighted by atomic mass is 32.2. The van der Waals surface area contributed by atoms with E-state index in [1.807, 2.05) is 35.1 Å². The Morgan fingerprint density at radius 1 is 0.641 bits per heavy atom. The first-order valence-corrected chi connectivity index (χ1v) is 12.8. The van der Waals surface area contributed by atoms with Gasteiger partial charge in [-0.2, -0.15) is 13.2 Å². The lowest BCUT2D eigenvalue weighted by Gasteiger charge is -2.13. The average molecular weight is 549 g/mol. The Kier molecular flexibility index (Phi) is 7.83. The highest BCUT2D eigenvalue weighted by Gasteiger charge is 2.30. The summed E-state index contributed by atoms with van der Waals surface area (Å²) in [6, 6.07) is 24.2. The molecule has 0 bridgehead atoms. The molecule has 6 nitrogen and oxygen atoms in total. The van der Waals surface area contributed by atoms with Crippen LogP contribution in [0.25, 0.3) is 0 Å². The molecule has 39 heavy (non-hydrogen) atoms. The van der Waals surface area contributed by atoms with Gasteiger partial charge in [0.2, 0.25) is 0 Å². The largest absolute Gasteiger partial charge is 0.416 e. The smallest absolute Gasteiger partial charge is 0.321 e. The van der Waals surface area contributed by atoms with Crippen molar-refractivity contribution in [3.05, 3.63) is 131 Å². The molecule has 0 unspecified atom stereocenters. The van der Waals surface area contributed by atoms with Crippen LogP contribution in [0.1, 0.15) is 37.4 Å². The molecule has 0 radical (unpaired) electrons. The second-order valence-corrected chi connectivity index (χ2v) is 9.80. The summed E-state index contributed by atoms with van der Waals surface area (Å²) < 4.78 is 66.0. The van der Waals surface area contributed by atoms with Crippen molar-refractivity contribution in [2.45, 2.75) is 11.1 Å². The molecule has 4 rings (SSSR count). The van der Waals surface area contributed by atoms with E-state index in [4.69, 9.17) is 0 Å². The van der Waals surface area contributed by atoms with Crippen molar-refractivity contribution >= 4 is 27.5 Å². The number of para-hydroxylation sites is 1. The fourth-order valence-electron chi connectivity index (χ4n) is 3.42. The van der Waals surface area contributed by atoms with E-state index in [1.165, 1.54) is 36.4 Å². The Balaban J connectivity index is 1.48. The van der Waals surface area contributed by atoms with Gasteiger partial charge in [-0.25, -0.2) is 13.1 Å². The lowest BCUT2D eigenvalue weighted by molar-refractivity contribution is -0.137. The number of alkyl halides is 3. The number of benzene rings is 4. The Morgan fingerprint density at radius 3 is 1.77 bits per heavy atom. The maximum absolute atomic E-state index is 12.9. The molecular weight excluding hydrogens is 529 g/mol. The van der Waals surface area contributed by atoms with Crippen LogP contribution in [-0.4, -0.2) is 20.2 Å². The lowest BCUT2D eigenvalue weighted by Crippen LogP contribution is -2.31. The first kappa shape index (κ1) is 27.2. The minimum absolute atomic E-state index is 0.0943. The molecule has 0 saturated heterocycles. The van der Waals surface area contributed by atoms with Gasteiger partial charge in [0.05, 0.1) is 11.3 Å². The van der Waals surface area contributed by atoms with E-state index in [1.54, 1.807) is 12.1 Å². The predicted octanol–water partition coefficient (Wildman–Crippen LogP) is 5.48. The SMILES string of the molecule is O=C(Nc1ccccc1S(=O)(=O)NC(=O)c1ccc(C(F)(F)F)cc1)c1ccc(C#Cc2ccccc2)cc1. The zero-order valence-corrected chi connectivity index (χ0v) is 20.8. The Hall–Kier alpha value is -4.88. The Bertz CT molecular complexity index is 1670. The van der Waals surface area contributed by atoms with Crippen molar-refractivity contribution in [2.24, 2.45) is 0 Å². The number of rotatable bonds is 5. The molecule has 0 saturated carbocycles. The third-order valence-electron chi connectivity index (χ3n) is 5.40. The maximum Gasteiger partial charge on any atom is 0.416 e. The molecule has 10 heteroatoms. The molecule has 0 atom stereocenters. The third-order valence-corrected chi connectivity index (χ3v) is 6.79. The molecule has 2 amide bonds. The van der Waals surface area contributed by atoms with Gasteiger partial charge in [-0.3, -0.25) is 9.59 Å². The number of hydrogen-bond acceptors (Lipinski definition) is 4. The molecule has 0 fully saturated rings. The van der Waals surface area contributed by atoms with Crippen LogP contribution < -0.4 is 10.0 Å². The van der Waals surface area contributed by atoms with Crippen molar-refractivity contribution < 1.29 is 31.2 Å². The molecule has 0 aromatic heterocycles. The van der Waals surface area contributed by atoms with Crippen molar-refractivity contribution in [3.8, 4) is 11.8 Å². The molecule has 2 N–H and O–H groups in total. The van der Waals surface area contributed by atoms with E-state index >= 15 is 0 Å². The Morgan fingerprint density at radius 2 is 1.15 bits per heavy atom. The van der Waals surface area contributed by atoms with Crippen LogP contribution in [0.4, 0.5) is 18.9 Å². The monoisotopic (exact) mass is 548 g/mol. The van der Waals surface area contributed by atoms with Gasteiger partial charge in [-0.05, 0) is 72.8 Å². The standard InChI is InChI=1S/C29H19F3N2O4S/c30-29(31,32)24-18-16-23(17-19-24)28(36)34-39(37,38)26-9-5-4-8-25(26)33-27(35)22-14-12-21(13-15-22)11-10-20-6-2-1-3-7-20/h1-9,12-19H,(H,33,35)(H,34,36). The lowest BCUT2D eigenvalue weighted by atomic mass is 10.1. The molecule has 0 heterocycles. The summed E-state index contributed by atoms with van der Waals surface area (Å²) in [7, 11) is -4.50. The van der Waals surface area contributed by atoms with Crippen LogP contribution in [0.2, 0.25) is 0 Å². The van der Waals surface area contributed by atoms with Crippen LogP contribution in [0.15, 0.2) is 108 Å². The fourth-order valence-corrected chi connectivity index (χ4v) is 4.55. The van der Waals surface area contributed by atoms with Crippen LogP contribution >= 0.6 is 0 Å². The summed E-state index contributed by atoms with van der Waals surface area (Å²) in [5.41, 5.74) is 0.381. The van der Waals surface area contributed by atoms with Gasteiger partial charge in [0.1, 0.15) is 4.90 Å². The molecule has 196 valence electrons. The normalized spacial score (nSPS) is 11.2. The first-order chi connectivity index (χ1) is 18.5. The summed E-state index contributed by atoms with van der Waals surface area (Å²) in [5, 5.41) is 2.52. The number of amides is 2. The number of anilines is 1. The molecule has 0 aliphatic heterocycles. The van der Waals surface area contributed by atoms with Gasteiger partial charge in [0.15, 0.2) is 0 Å². The van der Waals surface area contributed by atoms with Crippen LogP contribution in [0.3, 0.4) is 0 Å². The molecule has 0 spiro atoms. The molecule has 4 aromatic carbocycles. The number of sulfonamides is 1. The number of hydrogen-bond donors (Lipinski definition) is 2. The maximum atomic E-state index is 12.9. The fraction of sp³-hybridized carbons (Fsp3) is 0.0345. The Labute approximate surface area is 222 Å². The van der Waals surface area contributed by atoms with Crippen LogP contribution in [-0.2, 0) is 16.2 Å². The van der Waals surface area contributed by atoms with E-state index < -0.39 is 38.5 Å². The predicted molar refractivity (Wildman–Crippen MR) is 139 cm³/mol. The topological polar surface area (TPSA) is 92.3 Å². The third kappa shape index (κ3) is 6.91. The highest BCUT2D eigenvalue weighted by molar-refractivity contribution is 7.90. The second kappa shape index (κ2) is 11.2. The van der Waals surface area contributed by atoms with Crippen molar-refractivity contribution in [1.29, 1.82) is 0 Å². The van der Waals surface area contributed by atoms with E-state index in [0.717, 1.165) is 17.7 Å². The summed E-state index contributed by atoms with van der Waals surface area (Å²) in [6.07, 6.45) is -4.60. The summed E-state index contributed by atoms with van der Waals surface area (Å²) in [6.45, 7) is 0. The van der Waals surface area contributed by atoms with Gasteiger partial charge < -0.3 is 5.32 Å². The minimum Gasteiger partial charge on any atom is -0.321 e. The molecule has 4 aromatic rings. The van der Waals surface area contributed by atoms with Crippen molar-refractivity contribution in [3.63, 3.8) is 0 Å². The molecule has 0 aliphatic rings. The van der Waals surface area contributed by atoms with E-state index in [2.05, 4.69) is 17.2 Å². The van der Waals surface area contributed by atoms with Gasteiger partial charge in [-0.15, -0.1) is 0 Å². The van der Waals surface area contributed by atoms with Crippen LogP contribution in [0.5, 0.6) is 0 Å². The molecule has 0 aliphatic carbocycles. The zero-order chi connectivity index (χ0) is 28.0. The van der Waals surface area contributed by atoms with Crippen molar-refractivity contribution in [2.75, 3.05) is 5.32 Å². The quantitative estimate of drug-likeness (QED) is 0.323. The summed E-state index contributed by atoms with van der Waals surface area (Å²) >= 11 is 0. The zero-order valence-electron chi connectivity index (χ0n) is 20.0. The number of halogens is 3. The van der Waals surface area contributed by atoms with E-state index in [-0.39, 0.29) is 16.8 Å². The summed E-state index contributed by atoms with van der Waals surface area (Å²) in [5.74, 6) is 4.27. The second-order valence-electron chi connectivity index (χ2n) is 8.15.